The second kappa shape index (κ2) is 10.8. The molecule has 2 heterocycles. The van der Waals surface area contributed by atoms with Crippen LogP contribution in [0.1, 0.15) is 20.0 Å². The first-order chi connectivity index (χ1) is 15.9. The number of nitrogens with one attached hydrogen (secondary N) is 2. The number of carbonyl (C=O) groups excluding carboxylic acids is 2. The molecule has 0 radical (unpaired) electrons. The summed E-state index contributed by atoms with van der Waals surface area (Å²) in [6.07, 6.45) is 0. The van der Waals surface area contributed by atoms with Gasteiger partial charge in [0.1, 0.15) is 0 Å². The molecule has 1 fully saturated rings. The van der Waals surface area contributed by atoms with Crippen LogP contribution in [-0.4, -0.2) is 48.0 Å². The zero-order valence-corrected chi connectivity index (χ0v) is 21.9. The molecule has 1 aliphatic heterocycles. The van der Waals surface area contributed by atoms with E-state index in [1.54, 1.807) is 18.2 Å². The van der Waals surface area contributed by atoms with E-state index in [2.05, 4.69) is 38.1 Å². The summed E-state index contributed by atoms with van der Waals surface area (Å²) in [6.45, 7) is 2.69. The molecule has 0 saturated carbocycles. The van der Waals surface area contributed by atoms with Crippen molar-refractivity contribution in [2.75, 3.05) is 36.4 Å². The minimum atomic E-state index is -0.274. The van der Waals surface area contributed by atoms with Crippen molar-refractivity contribution in [1.82, 2.24) is 10.2 Å². The molecule has 1 aliphatic rings. The van der Waals surface area contributed by atoms with Gasteiger partial charge in [-0.3, -0.25) is 14.9 Å². The fourth-order valence-corrected chi connectivity index (χ4v) is 5.26. The number of amides is 2. The van der Waals surface area contributed by atoms with E-state index in [0.29, 0.717) is 42.5 Å². The number of nitrogens with zero attached hydrogens (tertiary/aromatic N) is 2. The first-order valence-corrected chi connectivity index (χ1v) is 12.9. The summed E-state index contributed by atoms with van der Waals surface area (Å²) in [6, 6.07) is 16.6. The lowest BCUT2D eigenvalue weighted by atomic mass is 10.2. The lowest BCUT2D eigenvalue weighted by Crippen LogP contribution is -2.48. The number of carbonyl (C=O) groups is 2. The number of piperazine rings is 1. The fraction of sp³-hybridized carbons (Fsp3) is 0.174. The Balaban J connectivity index is 1.33. The van der Waals surface area contributed by atoms with Crippen molar-refractivity contribution in [3.05, 3.63) is 79.0 Å². The standard InChI is InChI=1S/C23H20ClIN4O2S2/c24-18-14-17(26-23(32)27-21(30)15-3-1-4-16(25)13-15)6-7-19(18)28-8-10-29(11-9-28)22(31)20-5-2-12-33-20/h1-7,12-14H,8-11H2,(H2,26,27,30,32). The van der Waals surface area contributed by atoms with Crippen LogP contribution in [0.4, 0.5) is 11.4 Å². The fourth-order valence-electron chi connectivity index (χ4n) is 3.51. The number of anilines is 2. The van der Waals surface area contributed by atoms with E-state index >= 15 is 0 Å². The Morgan fingerprint density at radius 2 is 1.82 bits per heavy atom. The Labute approximate surface area is 220 Å². The summed E-state index contributed by atoms with van der Waals surface area (Å²) in [5, 5.41) is 8.38. The lowest BCUT2D eigenvalue weighted by molar-refractivity contribution is 0.0751. The summed E-state index contributed by atoms with van der Waals surface area (Å²) < 4.78 is 0.971. The average Bonchev–Trinajstić information content (AvgIpc) is 3.34. The number of halogens is 2. The van der Waals surface area contributed by atoms with Crippen molar-refractivity contribution in [2.45, 2.75) is 0 Å². The molecular weight excluding hydrogens is 591 g/mol. The molecule has 10 heteroatoms. The van der Waals surface area contributed by atoms with Crippen LogP contribution in [0.2, 0.25) is 5.02 Å². The highest BCUT2D eigenvalue weighted by Crippen LogP contribution is 2.30. The highest BCUT2D eigenvalue weighted by Gasteiger charge is 2.24. The second-order valence-electron chi connectivity index (χ2n) is 7.34. The first kappa shape index (κ1) is 23.9. The van der Waals surface area contributed by atoms with Gasteiger partial charge in [-0.1, -0.05) is 23.7 Å². The SMILES string of the molecule is O=C(NC(=S)Nc1ccc(N2CCN(C(=O)c3cccs3)CC2)c(Cl)c1)c1cccc(I)c1. The largest absolute Gasteiger partial charge is 0.367 e. The van der Waals surface area contributed by atoms with Crippen LogP contribution in [0.15, 0.2) is 60.0 Å². The van der Waals surface area contributed by atoms with Gasteiger partial charge in [-0.25, -0.2) is 0 Å². The maximum Gasteiger partial charge on any atom is 0.264 e. The molecule has 2 aromatic carbocycles. The Hall–Kier alpha value is -2.21. The Kier molecular flexibility index (Phi) is 7.84. The van der Waals surface area contributed by atoms with Crippen LogP contribution in [-0.2, 0) is 0 Å². The number of rotatable bonds is 4. The zero-order valence-electron chi connectivity index (χ0n) is 17.4. The molecule has 0 atom stereocenters. The van der Waals surface area contributed by atoms with Gasteiger partial charge in [-0.2, -0.15) is 0 Å². The predicted octanol–water partition coefficient (Wildman–Crippen LogP) is 5.10. The summed E-state index contributed by atoms with van der Waals surface area (Å²) in [4.78, 5) is 29.7. The van der Waals surface area contributed by atoms with Crippen molar-refractivity contribution in [3.8, 4) is 0 Å². The molecule has 1 aromatic heterocycles. The highest BCUT2D eigenvalue weighted by molar-refractivity contribution is 14.1. The molecule has 2 N–H and O–H groups in total. The van der Waals surface area contributed by atoms with E-state index in [-0.39, 0.29) is 16.9 Å². The van der Waals surface area contributed by atoms with E-state index in [9.17, 15) is 9.59 Å². The van der Waals surface area contributed by atoms with Crippen molar-refractivity contribution in [3.63, 3.8) is 0 Å². The quantitative estimate of drug-likeness (QED) is 0.318. The normalized spacial score (nSPS) is 13.5. The number of benzene rings is 2. The molecule has 0 aliphatic carbocycles. The topological polar surface area (TPSA) is 64.7 Å². The Bertz CT molecular complexity index is 1180. The van der Waals surface area contributed by atoms with E-state index in [1.165, 1.54) is 11.3 Å². The van der Waals surface area contributed by atoms with Crippen LogP contribution in [0.5, 0.6) is 0 Å². The van der Waals surface area contributed by atoms with E-state index in [0.717, 1.165) is 14.1 Å². The summed E-state index contributed by atoms with van der Waals surface area (Å²) >= 11 is 15.5. The maximum absolute atomic E-state index is 12.5. The van der Waals surface area contributed by atoms with Gasteiger partial charge in [0.15, 0.2) is 5.11 Å². The van der Waals surface area contributed by atoms with E-state index in [4.69, 9.17) is 23.8 Å². The van der Waals surface area contributed by atoms with Crippen LogP contribution in [0.3, 0.4) is 0 Å². The van der Waals surface area contributed by atoms with Crippen LogP contribution < -0.4 is 15.5 Å². The van der Waals surface area contributed by atoms with Gasteiger partial charge in [0.25, 0.3) is 11.8 Å². The van der Waals surface area contributed by atoms with Gasteiger partial charge in [0.05, 0.1) is 15.6 Å². The van der Waals surface area contributed by atoms with Crippen molar-refractivity contribution in [1.29, 1.82) is 0 Å². The van der Waals surface area contributed by atoms with E-state index in [1.807, 2.05) is 46.7 Å². The number of thiophene rings is 1. The molecule has 1 saturated heterocycles. The maximum atomic E-state index is 12.5. The minimum absolute atomic E-state index is 0.0797. The van der Waals surface area contributed by atoms with Gasteiger partial charge in [-0.05, 0) is 82.7 Å². The summed E-state index contributed by atoms with van der Waals surface area (Å²) in [5.74, 6) is -0.195. The Morgan fingerprint density at radius 1 is 1.03 bits per heavy atom. The second-order valence-corrected chi connectivity index (χ2v) is 10.4. The van der Waals surface area contributed by atoms with Crippen molar-refractivity contribution >= 4 is 86.0 Å². The van der Waals surface area contributed by atoms with Crippen molar-refractivity contribution < 1.29 is 9.59 Å². The molecule has 33 heavy (non-hydrogen) atoms. The molecule has 0 unspecified atom stereocenters. The summed E-state index contributed by atoms with van der Waals surface area (Å²) in [5.41, 5.74) is 2.12. The van der Waals surface area contributed by atoms with Crippen molar-refractivity contribution in [2.24, 2.45) is 0 Å². The molecule has 4 rings (SSSR count). The lowest BCUT2D eigenvalue weighted by Gasteiger charge is -2.36. The number of thiocarbonyl (C=S) groups is 1. The van der Waals surface area contributed by atoms with Gasteiger partial charge in [0, 0.05) is 41.0 Å². The van der Waals surface area contributed by atoms with Crippen LogP contribution in [0, 0.1) is 3.57 Å². The van der Waals surface area contributed by atoms with Gasteiger partial charge < -0.3 is 15.1 Å². The highest BCUT2D eigenvalue weighted by atomic mass is 127. The molecule has 0 spiro atoms. The predicted molar refractivity (Wildman–Crippen MR) is 147 cm³/mol. The average molecular weight is 611 g/mol. The number of hydrogen-bond donors (Lipinski definition) is 2. The zero-order chi connectivity index (χ0) is 23.4. The summed E-state index contributed by atoms with van der Waals surface area (Å²) in [7, 11) is 0. The monoisotopic (exact) mass is 610 g/mol. The first-order valence-electron chi connectivity index (χ1n) is 10.2. The Morgan fingerprint density at radius 3 is 2.48 bits per heavy atom. The molecule has 170 valence electrons. The smallest absolute Gasteiger partial charge is 0.264 e. The number of hydrogen-bond acceptors (Lipinski definition) is 5. The minimum Gasteiger partial charge on any atom is -0.367 e. The van der Waals surface area contributed by atoms with Crippen LogP contribution in [0.25, 0.3) is 0 Å². The molecular formula is C23H20ClIN4O2S2. The molecule has 6 nitrogen and oxygen atoms in total. The third-order valence-electron chi connectivity index (χ3n) is 5.16. The van der Waals surface area contributed by atoms with Gasteiger partial charge in [-0.15, -0.1) is 11.3 Å². The third kappa shape index (κ3) is 6.03. The molecule has 3 aromatic rings. The third-order valence-corrected chi connectivity index (χ3v) is 7.19. The van der Waals surface area contributed by atoms with E-state index < -0.39 is 0 Å². The molecule has 2 amide bonds. The van der Waals surface area contributed by atoms with Gasteiger partial charge in [0.2, 0.25) is 0 Å². The van der Waals surface area contributed by atoms with Gasteiger partial charge >= 0.3 is 0 Å². The molecule has 0 bridgehead atoms. The van der Waals surface area contributed by atoms with Crippen LogP contribution >= 0.6 is 57.7 Å².